The molecule has 5 nitrogen and oxygen atoms in total. The summed E-state index contributed by atoms with van der Waals surface area (Å²) < 4.78 is 7.37. The maximum atomic E-state index is 5.55. The van der Waals surface area contributed by atoms with Crippen LogP contribution in [0.2, 0.25) is 0 Å². The molecule has 1 saturated heterocycles. The van der Waals surface area contributed by atoms with Crippen molar-refractivity contribution in [3.05, 3.63) is 24.7 Å². The Morgan fingerprint density at radius 2 is 2.47 bits per heavy atom. The van der Waals surface area contributed by atoms with Crippen LogP contribution in [0.1, 0.15) is 13.3 Å². The molecule has 2 aromatic rings. The molecule has 0 aliphatic carbocycles. The summed E-state index contributed by atoms with van der Waals surface area (Å²) in [7, 11) is 0. The van der Waals surface area contributed by atoms with Gasteiger partial charge in [-0.2, -0.15) is 5.10 Å². The lowest BCUT2D eigenvalue weighted by Crippen LogP contribution is -2.21. The molecule has 3 heterocycles. The van der Waals surface area contributed by atoms with Gasteiger partial charge < -0.3 is 10.1 Å². The van der Waals surface area contributed by atoms with E-state index in [1.54, 1.807) is 12.4 Å². The minimum absolute atomic E-state index is 0.340. The predicted octanol–water partition coefficient (Wildman–Crippen LogP) is 1.57. The fourth-order valence-electron chi connectivity index (χ4n) is 2.27. The number of hydrogen-bond acceptors (Lipinski definition) is 4. The van der Waals surface area contributed by atoms with E-state index < -0.39 is 0 Å². The lowest BCUT2D eigenvalue weighted by atomic mass is 10.0. The number of nitrogens with one attached hydrogen (secondary N) is 1. The highest BCUT2D eigenvalue weighted by Gasteiger charge is 2.23. The summed E-state index contributed by atoms with van der Waals surface area (Å²) in [5.41, 5.74) is 1.01. The van der Waals surface area contributed by atoms with Crippen LogP contribution in [0.3, 0.4) is 0 Å². The average Bonchev–Trinajstić information content (AvgIpc) is 2.95. The van der Waals surface area contributed by atoms with Crippen LogP contribution in [-0.2, 0) is 4.74 Å². The number of rotatable bonds is 3. The van der Waals surface area contributed by atoms with Crippen LogP contribution in [0.5, 0.6) is 0 Å². The Morgan fingerprint density at radius 3 is 3.29 bits per heavy atom. The minimum atomic E-state index is 0.340. The zero-order valence-corrected chi connectivity index (χ0v) is 9.84. The molecule has 1 aliphatic rings. The number of anilines is 1. The lowest BCUT2D eigenvalue weighted by Gasteiger charge is -2.15. The van der Waals surface area contributed by atoms with Gasteiger partial charge in [0.05, 0.1) is 12.3 Å². The molecule has 0 spiro atoms. The normalized spacial score (nSPS) is 24.3. The van der Waals surface area contributed by atoms with E-state index in [2.05, 4.69) is 22.3 Å². The van der Waals surface area contributed by atoms with E-state index in [-0.39, 0.29) is 0 Å². The summed E-state index contributed by atoms with van der Waals surface area (Å²) in [5, 5.41) is 7.58. The van der Waals surface area contributed by atoms with Gasteiger partial charge in [-0.3, -0.25) is 0 Å². The second-order valence-corrected chi connectivity index (χ2v) is 4.44. The Kier molecular flexibility index (Phi) is 2.68. The van der Waals surface area contributed by atoms with Crippen molar-refractivity contribution >= 4 is 11.3 Å². The zero-order chi connectivity index (χ0) is 11.7. The molecule has 1 aliphatic heterocycles. The summed E-state index contributed by atoms with van der Waals surface area (Å²) in [6.45, 7) is 3.91. The molecule has 5 heteroatoms. The van der Waals surface area contributed by atoms with Gasteiger partial charge in [0.2, 0.25) is 0 Å². The number of hydrogen-bond donors (Lipinski definition) is 1. The molecule has 0 aromatic carbocycles. The van der Waals surface area contributed by atoms with E-state index >= 15 is 0 Å². The molecule has 2 aromatic heterocycles. The first-order chi connectivity index (χ1) is 8.34. The molecule has 1 N–H and O–H groups in total. The van der Waals surface area contributed by atoms with Crippen LogP contribution < -0.4 is 5.32 Å². The molecule has 3 rings (SSSR count). The Morgan fingerprint density at radius 1 is 1.53 bits per heavy atom. The average molecular weight is 232 g/mol. The molecule has 2 unspecified atom stereocenters. The minimum Gasteiger partial charge on any atom is -0.378 e. The van der Waals surface area contributed by atoms with Crippen molar-refractivity contribution in [1.82, 2.24) is 14.6 Å². The van der Waals surface area contributed by atoms with Crippen molar-refractivity contribution in [2.24, 2.45) is 5.92 Å². The molecular formula is C12H16N4O. The maximum Gasteiger partial charge on any atom is 0.152 e. The highest BCUT2D eigenvalue weighted by atomic mass is 16.5. The first kappa shape index (κ1) is 10.5. The number of aromatic nitrogens is 3. The van der Waals surface area contributed by atoms with Crippen molar-refractivity contribution < 1.29 is 4.74 Å². The third-order valence-corrected chi connectivity index (χ3v) is 3.39. The van der Waals surface area contributed by atoms with Crippen molar-refractivity contribution in [2.45, 2.75) is 19.4 Å². The van der Waals surface area contributed by atoms with Gasteiger partial charge in [0.15, 0.2) is 5.82 Å². The quantitative estimate of drug-likeness (QED) is 0.872. The Hall–Kier alpha value is -1.62. The van der Waals surface area contributed by atoms with Gasteiger partial charge in [-0.25, -0.2) is 9.50 Å². The van der Waals surface area contributed by atoms with Gasteiger partial charge in [0.25, 0.3) is 0 Å². The second kappa shape index (κ2) is 4.33. The van der Waals surface area contributed by atoms with Gasteiger partial charge in [0.1, 0.15) is 5.52 Å². The van der Waals surface area contributed by atoms with Gasteiger partial charge >= 0.3 is 0 Å². The number of ether oxygens (including phenoxy) is 1. The summed E-state index contributed by atoms with van der Waals surface area (Å²) in [6, 6.07) is 1.96. The van der Waals surface area contributed by atoms with Gasteiger partial charge in [-0.05, 0) is 19.4 Å². The topological polar surface area (TPSA) is 51.5 Å². The lowest BCUT2D eigenvalue weighted by molar-refractivity contribution is 0.108. The molecule has 0 saturated carbocycles. The highest BCUT2D eigenvalue weighted by Crippen LogP contribution is 2.21. The van der Waals surface area contributed by atoms with Crippen LogP contribution in [0.25, 0.3) is 5.52 Å². The first-order valence-electron chi connectivity index (χ1n) is 5.98. The fourth-order valence-corrected chi connectivity index (χ4v) is 2.27. The molecule has 0 amide bonds. The molecule has 0 bridgehead atoms. The Bertz CT molecular complexity index is 510. The van der Waals surface area contributed by atoms with Crippen molar-refractivity contribution in [2.75, 3.05) is 18.5 Å². The van der Waals surface area contributed by atoms with Gasteiger partial charge in [0, 0.05) is 31.5 Å². The van der Waals surface area contributed by atoms with Gasteiger partial charge in [-0.15, -0.1) is 0 Å². The van der Waals surface area contributed by atoms with E-state index in [0.29, 0.717) is 12.0 Å². The van der Waals surface area contributed by atoms with Crippen LogP contribution in [0, 0.1) is 5.92 Å². The molecule has 90 valence electrons. The summed E-state index contributed by atoms with van der Waals surface area (Å²) in [4.78, 5) is 4.35. The van der Waals surface area contributed by atoms with Crippen LogP contribution in [-0.4, -0.2) is 33.9 Å². The van der Waals surface area contributed by atoms with Crippen LogP contribution >= 0.6 is 0 Å². The SMILES string of the molecule is CC1OCCC1CNc1nccn2nccc12. The van der Waals surface area contributed by atoms with Crippen molar-refractivity contribution in [3.8, 4) is 0 Å². The number of nitrogens with zero attached hydrogens (tertiary/aromatic N) is 3. The summed E-state index contributed by atoms with van der Waals surface area (Å²) in [5.74, 6) is 1.46. The smallest absolute Gasteiger partial charge is 0.152 e. The van der Waals surface area contributed by atoms with Crippen LogP contribution in [0.15, 0.2) is 24.7 Å². The maximum absolute atomic E-state index is 5.55. The van der Waals surface area contributed by atoms with E-state index in [4.69, 9.17) is 4.74 Å². The first-order valence-corrected chi connectivity index (χ1v) is 5.98. The fraction of sp³-hybridized carbons (Fsp3) is 0.500. The monoisotopic (exact) mass is 232 g/mol. The van der Waals surface area contributed by atoms with E-state index in [0.717, 1.165) is 30.9 Å². The van der Waals surface area contributed by atoms with Crippen molar-refractivity contribution in [1.29, 1.82) is 0 Å². The molecular weight excluding hydrogens is 216 g/mol. The van der Waals surface area contributed by atoms with Crippen molar-refractivity contribution in [3.63, 3.8) is 0 Å². The summed E-state index contributed by atoms with van der Waals surface area (Å²) >= 11 is 0. The Labute approximate surface area is 99.8 Å². The van der Waals surface area contributed by atoms with Crippen LogP contribution in [0.4, 0.5) is 5.82 Å². The second-order valence-electron chi connectivity index (χ2n) is 4.44. The largest absolute Gasteiger partial charge is 0.378 e. The zero-order valence-electron chi connectivity index (χ0n) is 9.84. The molecule has 0 radical (unpaired) electrons. The predicted molar refractivity (Wildman–Crippen MR) is 65.0 cm³/mol. The molecule has 1 fully saturated rings. The molecule has 2 atom stereocenters. The third-order valence-electron chi connectivity index (χ3n) is 3.39. The number of fused-ring (bicyclic) bond motifs is 1. The Balaban J connectivity index is 1.74. The van der Waals surface area contributed by atoms with E-state index in [9.17, 15) is 0 Å². The standard InChI is InChI=1S/C12H16N4O/c1-9-10(3-7-17-9)8-14-12-11-2-4-15-16(11)6-5-13-12/h2,4-6,9-10H,3,7-8H2,1H3,(H,13,14). The van der Waals surface area contributed by atoms with Gasteiger partial charge in [-0.1, -0.05) is 0 Å². The summed E-state index contributed by atoms with van der Waals surface area (Å²) in [6.07, 6.45) is 6.85. The van der Waals surface area contributed by atoms with E-state index in [1.165, 1.54) is 0 Å². The molecule has 17 heavy (non-hydrogen) atoms. The van der Waals surface area contributed by atoms with E-state index in [1.807, 2.05) is 16.8 Å². The highest BCUT2D eigenvalue weighted by molar-refractivity contribution is 5.66. The third kappa shape index (κ3) is 1.98.